The van der Waals surface area contributed by atoms with Gasteiger partial charge >= 0.3 is 0 Å². The maximum atomic E-state index is 5.58. The summed E-state index contributed by atoms with van der Waals surface area (Å²) in [6, 6.07) is 8.83. The van der Waals surface area contributed by atoms with Crippen LogP contribution in [0.25, 0.3) is 0 Å². The van der Waals surface area contributed by atoms with E-state index in [0.717, 1.165) is 44.2 Å². The SMILES string of the molecule is Cc1cccc(CN2CCN(Cn3nc(C4CC4)n(C)c3=S)CC2)c1. The van der Waals surface area contributed by atoms with Crippen LogP contribution in [0.15, 0.2) is 24.3 Å². The second kappa shape index (κ2) is 7.02. The van der Waals surface area contributed by atoms with Crippen molar-refractivity contribution in [2.24, 2.45) is 7.05 Å². The Morgan fingerprint density at radius 1 is 1.12 bits per heavy atom. The van der Waals surface area contributed by atoms with Crippen LogP contribution in [0, 0.1) is 11.7 Å². The summed E-state index contributed by atoms with van der Waals surface area (Å²) in [6.07, 6.45) is 2.52. The number of aryl methyl sites for hydroxylation is 1. The Hall–Kier alpha value is -1.50. The highest BCUT2D eigenvalue weighted by atomic mass is 32.1. The molecule has 2 fully saturated rings. The van der Waals surface area contributed by atoms with E-state index in [4.69, 9.17) is 17.3 Å². The summed E-state index contributed by atoms with van der Waals surface area (Å²) >= 11 is 5.58. The average Bonchev–Trinajstić information content (AvgIpc) is 3.40. The highest BCUT2D eigenvalue weighted by molar-refractivity contribution is 7.71. The average molecular weight is 358 g/mol. The van der Waals surface area contributed by atoms with E-state index in [1.54, 1.807) is 0 Å². The summed E-state index contributed by atoms with van der Waals surface area (Å²) < 4.78 is 4.96. The third-order valence-corrected chi connectivity index (χ3v) is 5.79. The van der Waals surface area contributed by atoms with Crippen molar-refractivity contribution >= 4 is 12.2 Å². The molecular formula is C19H27N5S. The molecule has 4 rings (SSSR count). The number of hydrogen-bond acceptors (Lipinski definition) is 4. The van der Waals surface area contributed by atoms with Crippen LogP contribution < -0.4 is 0 Å². The minimum atomic E-state index is 0.638. The van der Waals surface area contributed by atoms with E-state index in [2.05, 4.69) is 52.6 Å². The highest BCUT2D eigenvalue weighted by Gasteiger charge is 2.29. The van der Waals surface area contributed by atoms with Gasteiger partial charge in [-0.05, 0) is 37.5 Å². The van der Waals surface area contributed by atoms with Gasteiger partial charge in [-0.15, -0.1) is 0 Å². The molecule has 6 heteroatoms. The van der Waals surface area contributed by atoms with Crippen molar-refractivity contribution in [2.75, 3.05) is 26.2 Å². The van der Waals surface area contributed by atoms with E-state index in [-0.39, 0.29) is 0 Å². The van der Waals surface area contributed by atoms with Gasteiger partial charge in [-0.1, -0.05) is 29.8 Å². The Labute approximate surface area is 154 Å². The molecule has 25 heavy (non-hydrogen) atoms. The van der Waals surface area contributed by atoms with Gasteiger partial charge in [0.1, 0.15) is 5.82 Å². The van der Waals surface area contributed by atoms with Gasteiger partial charge in [0.2, 0.25) is 0 Å². The van der Waals surface area contributed by atoms with Gasteiger partial charge in [0, 0.05) is 45.7 Å². The Kier molecular flexibility index (Phi) is 4.75. The Bertz CT molecular complexity index is 796. The van der Waals surface area contributed by atoms with Crippen molar-refractivity contribution in [3.8, 4) is 0 Å². The maximum Gasteiger partial charge on any atom is 0.198 e. The molecule has 2 aromatic rings. The van der Waals surface area contributed by atoms with Crippen molar-refractivity contribution in [1.29, 1.82) is 0 Å². The van der Waals surface area contributed by atoms with E-state index in [1.165, 1.54) is 29.8 Å². The minimum Gasteiger partial charge on any atom is -0.307 e. The molecule has 1 aliphatic heterocycles. The number of nitrogens with zero attached hydrogens (tertiary/aromatic N) is 5. The molecule has 0 N–H and O–H groups in total. The number of aromatic nitrogens is 3. The molecule has 0 unspecified atom stereocenters. The van der Waals surface area contributed by atoms with Crippen LogP contribution in [0.3, 0.4) is 0 Å². The molecule has 1 aliphatic carbocycles. The standard InChI is InChI=1S/C19H27N5S/c1-15-4-3-5-16(12-15)13-22-8-10-23(11-9-22)14-24-19(25)21(2)18(20-24)17-6-7-17/h3-5,12,17H,6-11,13-14H2,1-2H3. The molecule has 0 spiro atoms. The summed E-state index contributed by atoms with van der Waals surface area (Å²) in [7, 11) is 2.05. The van der Waals surface area contributed by atoms with Crippen molar-refractivity contribution in [1.82, 2.24) is 24.1 Å². The molecule has 2 heterocycles. The van der Waals surface area contributed by atoms with Crippen molar-refractivity contribution < 1.29 is 0 Å². The monoisotopic (exact) mass is 357 g/mol. The van der Waals surface area contributed by atoms with E-state index < -0.39 is 0 Å². The molecule has 1 saturated carbocycles. The first-order valence-electron chi connectivity index (χ1n) is 9.24. The quantitative estimate of drug-likeness (QED) is 0.770. The highest BCUT2D eigenvalue weighted by Crippen LogP contribution is 2.38. The predicted molar refractivity (Wildman–Crippen MR) is 102 cm³/mol. The fourth-order valence-corrected chi connectivity index (χ4v) is 3.83. The lowest BCUT2D eigenvalue weighted by atomic mass is 10.1. The molecule has 2 aliphatic rings. The van der Waals surface area contributed by atoms with Gasteiger partial charge in [-0.25, -0.2) is 4.68 Å². The van der Waals surface area contributed by atoms with Gasteiger partial charge in [-0.2, -0.15) is 5.10 Å². The summed E-state index contributed by atoms with van der Waals surface area (Å²) in [5.41, 5.74) is 2.75. The lowest BCUT2D eigenvalue weighted by Crippen LogP contribution is -2.46. The lowest BCUT2D eigenvalue weighted by molar-refractivity contribution is 0.0979. The fourth-order valence-electron chi connectivity index (χ4n) is 3.64. The summed E-state index contributed by atoms with van der Waals surface area (Å²) in [4.78, 5) is 5.00. The number of rotatable bonds is 5. The van der Waals surface area contributed by atoms with E-state index >= 15 is 0 Å². The molecule has 0 amide bonds. The van der Waals surface area contributed by atoms with E-state index in [1.807, 2.05) is 4.68 Å². The van der Waals surface area contributed by atoms with Crippen molar-refractivity contribution in [2.45, 2.75) is 38.9 Å². The topological polar surface area (TPSA) is 29.2 Å². The summed E-state index contributed by atoms with van der Waals surface area (Å²) in [5.74, 6) is 1.81. The molecule has 0 bridgehead atoms. The molecule has 134 valence electrons. The number of hydrogen-bond donors (Lipinski definition) is 0. The third-order valence-electron chi connectivity index (χ3n) is 5.30. The number of piperazine rings is 1. The van der Waals surface area contributed by atoms with Gasteiger partial charge in [-0.3, -0.25) is 9.80 Å². The third kappa shape index (κ3) is 3.86. The largest absolute Gasteiger partial charge is 0.307 e. The van der Waals surface area contributed by atoms with Gasteiger partial charge in [0.05, 0.1) is 6.67 Å². The Balaban J connectivity index is 1.33. The van der Waals surface area contributed by atoms with Gasteiger partial charge in [0.25, 0.3) is 0 Å². The summed E-state index contributed by atoms with van der Waals surface area (Å²) in [5, 5.41) is 4.78. The summed E-state index contributed by atoms with van der Waals surface area (Å²) in [6.45, 7) is 8.37. The van der Waals surface area contributed by atoms with Crippen molar-refractivity contribution in [3.05, 3.63) is 46.0 Å². The molecule has 1 aromatic heterocycles. The van der Waals surface area contributed by atoms with E-state index in [9.17, 15) is 0 Å². The predicted octanol–water partition coefficient (Wildman–Crippen LogP) is 2.91. The maximum absolute atomic E-state index is 5.58. The molecule has 5 nitrogen and oxygen atoms in total. The van der Waals surface area contributed by atoms with Crippen molar-refractivity contribution in [3.63, 3.8) is 0 Å². The first-order chi connectivity index (χ1) is 12.1. The van der Waals surface area contributed by atoms with Crippen LogP contribution in [0.1, 0.15) is 35.7 Å². The lowest BCUT2D eigenvalue weighted by Gasteiger charge is -2.34. The smallest absolute Gasteiger partial charge is 0.198 e. The second-order valence-corrected chi connectivity index (χ2v) is 7.86. The van der Waals surface area contributed by atoms with Gasteiger partial charge in [0.15, 0.2) is 4.77 Å². The van der Waals surface area contributed by atoms with Crippen LogP contribution in [0.2, 0.25) is 0 Å². The zero-order valence-electron chi connectivity index (χ0n) is 15.2. The zero-order chi connectivity index (χ0) is 17.4. The Morgan fingerprint density at radius 3 is 2.52 bits per heavy atom. The van der Waals surface area contributed by atoms with Crippen LogP contribution >= 0.6 is 12.2 Å². The molecule has 0 radical (unpaired) electrons. The first-order valence-corrected chi connectivity index (χ1v) is 9.65. The van der Waals surface area contributed by atoms with E-state index in [0.29, 0.717) is 5.92 Å². The van der Waals surface area contributed by atoms with Crippen LogP contribution in [-0.4, -0.2) is 50.3 Å². The molecule has 1 saturated heterocycles. The molecule has 1 aromatic carbocycles. The van der Waals surface area contributed by atoms with Crippen LogP contribution in [0.5, 0.6) is 0 Å². The second-order valence-electron chi connectivity index (χ2n) is 7.50. The fraction of sp³-hybridized carbons (Fsp3) is 0.579. The first kappa shape index (κ1) is 16.9. The number of benzene rings is 1. The normalized spacial score (nSPS) is 19.4. The van der Waals surface area contributed by atoms with Crippen LogP contribution in [0.4, 0.5) is 0 Å². The minimum absolute atomic E-state index is 0.638. The van der Waals surface area contributed by atoms with Gasteiger partial charge < -0.3 is 4.57 Å². The Morgan fingerprint density at radius 2 is 1.84 bits per heavy atom. The molecule has 0 atom stereocenters. The zero-order valence-corrected chi connectivity index (χ0v) is 16.0. The van der Waals surface area contributed by atoms with Crippen LogP contribution in [-0.2, 0) is 20.3 Å². The molecular weight excluding hydrogens is 330 g/mol.